The van der Waals surface area contributed by atoms with Crippen LogP contribution in [0.2, 0.25) is 0 Å². The van der Waals surface area contributed by atoms with E-state index in [1.54, 1.807) is 4.90 Å². The molecule has 43 heavy (non-hydrogen) atoms. The fourth-order valence-electron chi connectivity index (χ4n) is 5.63. The van der Waals surface area contributed by atoms with Crippen LogP contribution in [0.3, 0.4) is 0 Å². The van der Waals surface area contributed by atoms with Gasteiger partial charge in [-0.3, -0.25) is 9.59 Å². The molecule has 4 atom stereocenters. The number of carbonyl (C=O) groups excluding carboxylic acids is 2. The third-order valence-corrected chi connectivity index (χ3v) is 9.41. The number of aliphatic hydroxyl groups is 2. The maximum Gasteiger partial charge on any atom is 0.254 e. The van der Waals surface area contributed by atoms with Crippen LogP contribution in [0, 0.1) is 5.92 Å². The van der Waals surface area contributed by atoms with E-state index in [1.165, 1.54) is 24.3 Å². The molecule has 0 bridgehead atoms. The van der Waals surface area contributed by atoms with Crippen LogP contribution < -0.4 is 10.0 Å². The van der Waals surface area contributed by atoms with Gasteiger partial charge in [-0.1, -0.05) is 54.6 Å². The van der Waals surface area contributed by atoms with Crippen LogP contribution in [-0.2, 0) is 32.4 Å². The number of rotatable bonds is 11. The van der Waals surface area contributed by atoms with E-state index in [-0.39, 0.29) is 29.7 Å². The topological polar surface area (TPSA) is 145 Å². The summed E-state index contributed by atoms with van der Waals surface area (Å²) < 4.78 is 33.6. The number of ether oxygens (including phenoxy) is 1. The van der Waals surface area contributed by atoms with Crippen LogP contribution in [0.25, 0.3) is 0 Å². The first-order chi connectivity index (χ1) is 20.7. The summed E-state index contributed by atoms with van der Waals surface area (Å²) in [6, 6.07) is 22.1. The number of morpholine rings is 1. The van der Waals surface area contributed by atoms with Crippen molar-refractivity contribution >= 4 is 21.8 Å². The van der Waals surface area contributed by atoms with Gasteiger partial charge in [-0.15, -0.1) is 0 Å². The van der Waals surface area contributed by atoms with Gasteiger partial charge >= 0.3 is 0 Å². The third kappa shape index (κ3) is 7.67. The van der Waals surface area contributed by atoms with Crippen molar-refractivity contribution in [3.63, 3.8) is 0 Å². The average molecular weight is 608 g/mol. The second-order valence-corrected chi connectivity index (χ2v) is 12.8. The smallest absolute Gasteiger partial charge is 0.254 e. The molecule has 11 heteroatoms. The van der Waals surface area contributed by atoms with Crippen molar-refractivity contribution in [1.29, 1.82) is 0 Å². The van der Waals surface area contributed by atoms with Gasteiger partial charge in [0.05, 0.1) is 36.4 Å². The van der Waals surface area contributed by atoms with Gasteiger partial charge in [0.25, 0.3) is 5.91 Å². The van der Waals surface area contributed by atoms with E-state index in [1.807, 2.05) is 54.6 Å². The SMILES string of the molecule is O=C(NC1c2ccccc2CC1O)C(Cc1ccccc1)CC(O)CNS(=O)(=O)c1ccc(C(=O)N2CCOCC2)cc1. The number of fused-ring (bicyclic) bond motifs is 1. The summed E-state index contributed by atoms with van der Waals surface area (Å²) in [5.74, 6) is -1.19. The largest absolute Gasteiger partial charge is 0.392 e. The molecule has 10 nitrogen and oxygen atoms in total. The minimum absolute atomic E-state index is 0.000693. The highest BCUT2D eigenvalue weighted by Gasteiger charge is 2.34. The molecule has 3 aromatic rings. The zero-order valence-electron chi connectivity index (χ0n) is 23.8. The summed E-state index contributed by atoms with van der Waals surface area (Å²) >= 11 is 0. The molecular formula is C32H37N3O7S. The van der Waals surface area contributed by atoms with Gasteiger partial charge < -0.3 is 25.2 Å². The normalized spacial score (nSPS) is 19.8. The molecule has 1 saturated heterocycles. The molecular weight excluding hydrogens is 570 g/mol. The number of nitrogens with one attached hydrogen (secondary N) is 2. The Morgan fingerprint density at radius 2 is 1.63 bits per heavy atom. The molecule has 4 N–H and O–H groups in total. The molecule has 5 rings (SSSR count). The standard InChI is InChI=1S/C32H37N3O7S/c36-26(21-33-43(40,41)27-12-10-23(11-13-27)32(39)35-14-16-42-17-15-35)19-25(18-22-6-2-1-3-7-22)31(38)34-30-28-9-5-4-8-24(28)20-29(30)37/h1-13,25-26,29-30,33,36-37H,14-21H2,(H,34,38). The third-order valence-electron chi connectivity index (χ3n) is 7.97. The van der Waals surface area contributed by atoms with Crippen molar-refractivity contribution in [3.8, 4) is 0 Å². The molecule has 0 aromatic heterocycles. The second kappa shape index (κ2) is 13.8. The number of aliphatic hydroxyl groups excluding tert-OH is 2. The lowest BCUT2D eigenvalue weighted by molar-refractivity contribution is -0.127. The summed E-state index contributed by atoms with van der Waals surface area (Å²) in [6.07, 6.45) is -1.14. The Morgan fingerprint density at radius 3 is 2.35 bits per heavy atom. The molecule has 1 aliphatic carbocycles. The van der Waals surface area contributed by atoms with Crippen molar-refractivity contribution in [3.05, 3.63) is 101 Å². The predicted octanol–water partition coefficient (Wildman–Crippen LogP) is 1.82. The van der Waals surface area contributed by atoms with Crippen molar-refractivity contribution in [2.75, 3.05) is 32.8 Å². The molecule has 2 aliphatic rings. The molecule has 1 fully saturated rings. The number of amides is 2. The molecule has 1 aliphatic heterocycles. The van der Waals surface area contributed by atoms with Gasteiger partial charge in [0.2, 0.25) is 15.9 Å². The number of nitrogens with zero attached hydrogens (tertiary/aromatic N) is 1. The van der Waals surface area contributed by atoms with Crippen LogP contribution in [0.5, 0.6) is 0 Å². The van der Waals surface area contributed by atoms with E-state index in [0.717, 1.165) is 16.7 Å². The van der Waals surface area contributed by atoms with Gasteiger partial charge in [-0.05, 0) is 53.8 Å². The Bertz CT molecular complexity index is 1510. The van der Waals surface area contributed by atoms with E-state index in [4.69, 9.17) is 4.74 Å². The van der Waals surface area contributed by atoms with Crippen LogP contribution >= 0.6 is 0 Å². The van der Waals surface area contributed by atoms with Crippen molar-refractivity contribution < 1.29 is 33.0 Å². The maximum absolute atomic E-state index is 13.5. The van der Waals surface area contributed by atoms with E-state index >= 15 is 0 Å². The monoisotopic (exact) mass is 607 g/mol. The Morgan fingerprint density at radius 1 is 0.953 bits per heavy atom. The highest BCUT2D eigenvalue weighted by molar-refractivity contribution is 7.89. The summed E-state index contributed by atoms with van der Waals surface area (Å²) in [4.78, 5) is 27.8. The first-order valence-corrected chi connectivity index (χ1v) is 15.9. The molecule has 0 saturated carbocycles. The average Bonchev–Trinajstić information content (AvgIpc) is 3.34. The predicted molar refractivity (Wildman–Crippen MR) is 160 cm³/mol. The van der Waals surface area contributed by atoms with Crippen LogP contribution in [0.4, 0.5) is 0 Å². The maximum atomic E-state index is 13.5. The lowest BCUT2D eigenvalue weighted by Crippen LogP contribution is -2.41. The summed E-state index contributed by atoms with van der Waals surface area (Å²) in [6.45, 7) is 1.60. The number of carbonyl (C=O) groups is 2. The molecule has 0 spiro atoms. The molecule has 228 valence electrons. The highest BCUT2D eigenvalue weighted by atomic mass is 32.2. The second-order valence-electron chi connectivity index (χ2n) is 11.0. The number of hydrogen-bond acceptors (Lipinski definition) is 7. The Hall–Kier alpha value is -3.61. The van der Waals surface area contributed by atoms with E-state index in [2.05, 4.69) is 10.0 Å². The summed E-state index contributed by atoms with van der Waals surface area (Å²) in [5.41, 5.74) is 3.13. The van der Waals surface area contributed by atoms with Gasteiger partial charge in [0, 0.05) is 37.5 Å². The molecule has 1 heterocycles. The highest BCUT2D eigenvalue weighted by Crippen LogP contribution is 2.32. The first kappa shape index (κ1) is 30.8. The Balaban J connectivity index is 1.22. The van der Waals surface area contributed by atoms with Crippen molar-refractivity contribution in [2.24, 2.45) is 5.92 Å². The van der Waals surface area contributed by atoms with E-state index in [0.29, 0.717) is 44.7 Å². The summed E-state index contributed by atoms with van der Waals surface area (Å²) in [5, 5.41) is 24.5. The first-order valence-electron chi connectivity index (χ1n) is 14.5. The Kier molecular flexibility index (Phi) is 9.89. The number of sulfonamides is 1. The van der Waals surface area contributed by atoms with Crippen molar-refractivity contribution in [1.82, 2.24) is 14.9 Å². The fraction of sp³-hybridized carbons (Fsp3) is 0.375. The zero-order chi connectivity index (χ0) is 30.4. The minimum atomic E-state index is -3.99. The zero-order valence-corrected chi connectivity index (χ0v) is 24.6. The van der Waals surface area contributed by atoms with Gasteiger partial charge in [0.15, 0.2) is 0 Å². The van der Waals surface area contributed by atoms with E-state index < -0.39 is 34.2 Å². The molecule has 3 aromatic carbocycles. The lowest BCUT2D eigenvalue weighted by atomic mass is 9.92. The van der Waals surface area contributed by atoms with Crippen molar-refractivity contribution in [2.45, 2.75) is 42.4 Å². The van der Waals surface area contributed by atoms with Crippen LogP contribution in [-0.4, -0.2) is 80.4 Å². The molecule has 4 unspecified atom stereocenters. The van der Waals surface area contributed by atoms with Gasteiger partial charge in [-0.2, -0.15) is 0 Å². The minimum Gasteiger partial charge on any atom is -0.392 e. The van der Waals surface area contributed by atoms with Gasteiger partial charge in [0.1, 0.15) is 0 Å². The summed E-state index contributed by atoms with van der Waals surface area (Å²) in [7, 11) is -3.99. The Labute approximate surface area is 251 Å². The fourth-order valence-corrected chi connectivity index (χ4v) is 6.70. The van der Waals surface area contributed by atoms with Crippen LogP contribution in [0.15, 0.2) is 83.8 Å². The molecule has 2 amide bonds. The molecule has 0 radical (unpaired) electrons. The number of hydrogen-bond donors (Lipinski definition) is 4. The van der Waals surface area contributed by atoms with Gasteiger partial charge in [-0.25, -0.2) is 13.1 Å². The number of benzene rings is 3. The lowest BCUT2D eigenvalue weighted by Gasteiger charge is -2.26. The van der Waals surface area contributed by atoms with Crippen LogP contribution in [0.1, 0.15) is 39.5 Å². The quantitative estimate of drug-likeness (QED) is 0.260. The van der Waals surface area contributed by atoms with E-state index in [9.17, 15) is 28.2 Å².